The van der Waals surface area contributed by atoms with Gasteiger partial charge < -0.3 is 15.3 Å². The number of carbonyl (C=O) groups is 3. The van der Waals surface area contributed by atoms with Crippen LogP contribution in [-0.2, 0) is 9.59 Å². The summed E-state index contributed by atoms with van der Waals surface area (Å²) in [6.45, 7) is 4.60. The number of rotatable bonds is 7. The van der Waals surface area contributed by atoms with E-state index in [1.54, 1.807) is 28.8 Å². The van der Waals surface area contributed by atoms with Gasteiger partial charge in [-0.2, -0.15) is 11.8 Å². The molecule has 1 heterocycles. The van der Waals surface area contributed by atoms with Crippen molar-refractivity contribution in [3.05, 3.63) is 35.4 Å². The second-order valence-corrected chi connectivity index (χ2v) is 8.28. The molecule has 1 aromatic rings. The van der Waals surface area contributed by atoms with Crippen LogP contribution < -0.4 is 5.32 Å². The van der Waals surface area contributed by atoms with Gasteiger partial charge in [-0.15, -0.1) is 0 Å². The first-order chi connectivity index (χ1) is 12.8. The van der Waals surface area contributed by atoms with Crippen LogP contribution in [0.4, 0.5) is 0 Å². The number of carboxylic acid groups (broad SMARTS) is 1. The molecule has 1 saturated heterocycles. The van der Waals surface area contributed by atoms with Gasteiger partial charge in [0.1, 0.15) is 6.04 Å². The summed E-state index contributed by atoms with van der Waals surface area (Å²) >= 11 is 1.61. The van der Waals surface area contributed by atoms with Gasteiger partial charge in [0.25, 0.3) is 5.91 Å². The number of carbonyl (C=O) groups excluding carboxylic acids is 2. The molecule has 148 valence electrons. The Morgan fingerprint density at radius 2 is 2.07 bits per heavy atom. The summed E-state index contributed by atoms with van der Waals surface area (Å²) in [6, 6.07) is 6.59. The van der Waals surface area contributed by atoms with Crippen LogP contribution in [0.5, 0.6) is 0 Å². The number of nitrogens with one attached hydrogen (secondary N) is 1. The Kier molecular flexibility index (Phi) is 7.71. The highest BCUT2D eigenvalue weighted by Crippen LogP contribution is 2.23. The third-order valence-electron chi connectivity index (χ3n) is 4.81. The first-order valence-corrected chi connectivity index (χ1v) is 10.6. The standard InChI is InChI=1S/C20H28N2O4S/c1-13-5-4-6-15(9-13)18(23)21-17(7-8-27-3)19(24)22-11-14(2)10-16(12-22)20(25)26/h4-6,9,14,16-17H,7-8,10-12H2,1-3H3,(H,21,23)(H,25,26). The summed E-state index contributed by atoms with van der Waals surface area (Å²) in [5.74, 6) is -1.04. The average Bonchev–Trinajstić information content (AvgIpc) is 2.63. The van der Waals surface area contributed by atoms with Gasteiger partial charge in [-0.25, -0.2) is 0 Å². The molecule has 1 aliphatic heterocycles. The largest absolute Gasteiger partial charge is 0.481 e. The molecular formula is C20H28N2O4S. The summed E-state index contributed by atoms with van der Waals surface area (Å²) in [4.78, 5) is 38.7. The molecule has 2 amide bonds. The maximum Gasteiger partial charge on any atom is 0.308 e. The fourth-order valence-corrected chi connectivity index (χ4v) is 3.92. The molecule has 0 saturated carbocycles. The zero-order valence-corrected chi connectivity index (χ0v) is 16.9. The number of nitrogens with zero attached hydrogens (tertiary/aromatic N) is 1. The summed E-state index contributed by atoms with van der Waals surface area (Å²) < 4.78 is 0. The van der Waals surface area contributed by atoms with Gasteiger partial charge in [-0.05, 0) is 49.8 Å². The topological polar surface area (TPSA) is 86.7 Å². The highest BCUT2D eigenvalue weighted by atomic mass is 32.2. The zero-order chi connectivity index (χ0) is 20.0. The molecule has 0 aromatic heterocycles. The first-order valence-electron chi connectivity index (χ1n) is 9.19. The summed E-state index contributed by atoms with van der Waals surface area (Å²) in [5.41, 5.74) is 1.50. The van der Waals surface area contributed by atoms with Crippen molar-refractivity contribution in [3.63, 3.8) is 0 Å². The molecule has 3 atom stereocenters. The van der Waals surface area contributed by atoms with Crippen molar-refractivity contribution >= 4 is 29.5 Å². The van der Waals surface area contributed by atoms with Crippen molar-refractivity contribution in [1.29, 1.82) is 0 Å². The number of aliphatic carboxylic acids is 1. The Hall–Kier alpha value is -2.02. The van der Waals surface area contributed by atoms with Gasteiger partial charge in [0.05, 0.1) is 5.92 Å². The van der Waals surface area contributed by atoms with Crippen LogP contribution >= 0.6 is 11.8 Å². The van der Waals surface area contributed by atoms with Crippen LogP contribution in [0.25, 0.3) is 0 Å². The van der Waals surface area contributed by atoms with Crippen molar-refractivity contribution in [1.82, 2.24) is 10.2 Å². The molecule has 1 fully saturated rings. The van der Waals surface area contributed by atoms with E-state index in [9.17, 15) is 19.5 Å². The molecule has 0 aliphatic carbocycles. The minimum atomic E-state index is -0.871. The lowest BCUT2D eigenvalue weighted by molar-refractivity contribution is -0.147. The Morgan fingerprint density at radius 3 is 2.70 bits per heavy atom. The molecule has 1 aliphatic rings. The van der Waals surface area contributed by atoms with E-state index in [4.69, 9.17) is 0 Å². The number of hydrogen-bond donors (Lipinski definition) is 2. The summed E-state index contributed by atoms with van der Waals surface area (Å²) in [7, 11) is 0. The molecule has 27 heavy (non-hydrogen) atoms. The highest BCUT2D eigenvalue weighted by Gasteiger charge is 2.35. The second-order valence-electron chi connectivity index (χ2n) is 7.30. The van der Waals surface area contributed by atoms with E-state index in [1.807, 2.05) is 32.2 Å². The second kappa shape index (κ2) is 9.78. The van der Waals surface area contributed by atoms with Crippen LogP contribution in [0.2, 0.25) is 0 Å². The molecule has 0 spiro atoms. The van der Waals surface area contributed by atoms with E-state index in [0.29, 0.717) is 24.9 Å². The number of aryl methyl sites for hydroxylation is 1. The van der Waals surface area contributed by atoms with Gasteiger partial charge in [0, 0.05) is 18.7 Å². The normalized spacial score (nSPS) is 20.8. The van der Waals surface area contributed by atoms with E-state index in [0.717, 1.165) is 11.3 Å². The molecule has 2 N–H and O–H groups in total. The average molecular weight is 393 g/mol. The number of carboxylic acids is 1. The summed E-state index contributed by atoms with van der Waals surface area (Å²) in [5, 5.41) is 12.2. The fraction of sp³-hybridized carbons (Fsp3) is 0.550. The van der Waals surface area contributed by atoms with E-state index < -0.39 is 17.9 Å². The Labute approximate surface area is 164 Å². The van der Waals surface area contributed by atoms with Crippen molar-refractivity contribution in [2.75, 3.05) is 25.1 Å². The molecule has 2 rings (SSSR count). The first kappa shape index (κ1) is 21.3. The molecule has 7 heteroatoms. The third-order valence-corrected chi connectivity index (χ3v) is 5.46. The molecule has 6 nitrogen and oxygen atoms in total. The van der Waals surface area contributed by atoms with Gasteiger partial charge in [-0.1, -0.05) is 24.6 Å². The number of thioether (sulfide) groups is 1. The fourth-order valence-electron chi connectivity index (χ4n) is 3.45. The molecule has 0 bridgehead atoms. The monoisotopic (exact) mass is 392 g/mol. The van der Waals surface area contributed by atoms with E-state index >= 15 is 0 Å². The van der Waals surface area contributed by atoms with E-state index in [-0.39, 0.29) is 24.3 Å². The molecule has 0 radical (unpaired) electrons. The highest BCUT2D eigenvalue weighted by molar-refractivity contribution is 7.98. The van der Waals surface area contributed by atoms with Crippen molar-refractivity contribution < 1.29 is 19.5 Å². The smallest absolute Gasteiger partial charge is 0.308 e. The lowest BCUT2D eigenvalue weighted by Gasteiger charge is -2.36. The van der Waals surface area contributed by atoms with E-state index in [1.165, 1.54) is 0 Å². The van der Waals surface area contributed by atoms with Crippen molar-refractivity contribution in [2.45, 2.75) is 32.7 Å². The van der Waals surface area contributed by atoms with Gasteiger partial charge in [0.2, 0.25) is 5.91 Å². The maximum absolute atomic E-state index is 13.1. The Bertz CT molecular complexity index is 694. The molecule has 3 unspecified atom stereocenters. The lowest BCUT2D eigenvalue weighted by atomic mass is 9.90. The van der Waals surface area contributed by atoms with Gasteiger partial charge in [-0.3, -0.25) is 14.4 Å². The molecular weight excluding hydrogens is 364 g/mol. The Balaban J connectivity index is 2.13. The molecule has 1 aromatic carbocycles. The summed E-state index contributed by atoms with van der Waals surface area (Å²) in [6.07, 6.45) is 3.04. The van der Waals surface area contributed by atoms with Crippen molar-refractivity contribution in [3.8, 4) is 0 Å². The number of piperidine rings is 1. The van der Waals surface area contributed by atoms with Gasteiger partial charge >= 0.3 is 5.97 Å². The lowest BCUT2D eigenvalue weighted by Crippen LogP contribution is -2.53. The SMILES string of the molecule is CSCCC(NC(=O)c1cccc(C)c1)C(=O)N1CC(C)CC(C(=O)O)C1. The number of likely N-dealkylation sites (tertiary alicyclic amines) is 1. The maximum atomic E-state index is 13.1. The Morgan fingerprint density at radius 1 is 1.33 bits per heavy atom. The van der Waals surface area contributed by atoms with Crippen LogP contribution in [0, 0.1) is 18.8 Å². The minimum absolute atomic E-state index is 0.123. The predicted molar refractivity (Wildman–Crippen MR) is 107 cm³/mol. The van der Waals surface area contributed by atoms with Crippen LogP contribution in [0.15, 0.2) is 24.3 Å². The quantitative estimate of drug-likeness (QED) is 0.744. The number of hydrogen-bond acceptors (Lipinski definition) is 4. The number of benzene rings is 1. The third kappa shape index (κ3) is 5.99. The van der Waals surface area contributed by atoms with Crippen LogP contribution in [0.1, 0.15) is 35.7 Å². The minimum Gasteiger partial charge on any atom is -0.481 e. The van der Waals surface area contributed by atoms with E-state index in [2.05, 4.69) is 5.32 Å². The zero-order valence-electron chi connectivity index (χ0n) is 16.1. The van der Waals surface area contributed by atoms with Crippen LogP contribution in [0.3, 0.4) is 0 Å². The van der Waals surface area contributed by atoms with Crippen molar-refractivity contribution in [2.24, 2.45) is 11.8 Å². The predicted octanol–water partition coefficient (Wildman–Crippen LogP) is 2.42. The van der Waals surface area contributed by atoms with Crippen LogP contribution in [-0.4, -0.2) is 58.9 Å². The van der Waals surface area contributed by atoms with Gasteiger partial charge in [0.15, 0.2) is 0 Å². The number of amides is 2.